The minimum absolute atomic E-state index is 0.838. The van der Waals surface area contributed by atoms with E-state index in [9.17, 15) is 0 Å². The van der Waals surface area contributed by atoms with E-state index in [4.69, 9.17) is 4.74 Å². The number of hydrogen-bond donors (Lipinski definition) is 1. The summed E-state index contributed by atoms with van der Waals surface area (Å²) in [5.74, 6) is 0. The van der Waals surface area contributed by atoms with Crippen molar-refractivity contribution in [1.29, 1.82) is 0 Å². The molecular formula is C12H23N3O. The molecule has 0 fully saturated rings. The second kappa shape index (κ2) is 7.41. The summed E-state index contributed by atoms with van der Waals surface area (Å²) in [6.45, 7) is 7.92. The number of aromatic nitrogens is 2. The first-order chi connectivity index (χ1) is 7.77. The third-order valence-corrected chi connectivity index (χ3v) is 2.60. The van der Waals surface area contributed by atoms with Crippen molar-refractivity contribution in [3.8, 4) is 0 Å². The molecule has 16 heavy (non-hydrogen) atoms. The van der Waals surface area contributed by atoms with Crippen molar-refractivity contribution in [3.05, 3.63) is 17.5 Å². The lowest BCUT2D eigenvalue weighted by atomic mass is 10.2. The second-order valence-corrected chi connectivity index (χ2v) is 3.98. The van der Waals surface area contributed by atoms with Crippen LogP contribution < -0.4 is 5.32 Å². The number of nitrogens with one attached hydrogen (secondary N) is 1. The Bertz CT molecular complexity index is 296. The second-order valence-electron chi connectivity index (χ2n) is 3.98. The maximum atomic E-state index is 5.02. The quantitative estimate of drug-likeness (QED) is 0.685. The summed E-state index contributed by atoms with van der Waals surface area (Å²) in [5, 5.41) is 7.82. The SMILES string of the molecule is CCNCc1cn(CCCCOC)nc1C. The summed E-state index contributed by atoms with van der Waals surface area (Å²) in [6.07, 6.45) is 4.36. The zero-order chi connectivity index (χ0) is 11.8. The van der Waals surface area contributed by atoms with Crippen LogP contribution in [-0.4, -0.2) is 30.0 Å². The molecule has 4 heteroatoms. The number of hydrogen-bond acceptors (Lipinski definition) is 3. The molecule has 0 unspecified atom stereocenters. The van der Waals surface area contributed by atoms with E-state index in [0.29, 0.717) is 0 Å². The molecule has 92 valence electrons. The van der Waals surface area contributed by atoms with E-state index in [1.807, 2.05) is 4.68 Å². The Hall–Kier alpha value is -0.870. The molecule has 1 aromatic heterocycles. The van der Waals surface area contributed by atoms with Crippen LogP contribution in [0.1, 0.15) is 31.0 Å². The van der Waals surface area contributed by atoms with Gasteiger partial charge in [-0.05, 0) is 26.3 Å². The van der Waals surface area contributed by atoms with E-state index in [0.717, 1.165) is 44.8 Å². The Morgan fingerprint density at radius 1 is 1.44 bits per heavy atom. The summed E-state index contributed by atoms with van der Waals surface area (Å²) in [6, 6.07) is 0. The molecule has 0 saturated carbocycles. The fourth-order valence-corrected chi connectivity index (χ4v) is 1.63. The van der Waals surface area contributed by atoms with Gasteiger partial charge in [0, 0.05) is 38.6 Å². The summed E-state index contributed by atoms with van der Waals surface area (Å²) < 4.78 is 7.06. The molecule has 0 bridgehead atoms. The van der Waals surface area contributed by atoms with Crippen LogP contribution in [0.25, 0.3) is 0 Å². The average molecular weight is 225 g/mol. The van der Waals surface area contributed by atoms with Crippen LogP contribution in [0.5, 0.6) is 0 Å². The minimum Gasteiger partial charge on any atom is -0.385 e. The Labute approximate surface area is 98.0 Å². The molecular weight excluding hydrogens is 202 g/mol. The van der Waals surface area contributed by atoms with Gasteiger partial charge in [-0.2, -0.15) is 5.10 Å². The number of rotatable bonds is 8. The number of nitrogens with zero attached hydrogens (tertiary/aromatic N) is 2. The van der Waals surface area contributed by atoms with Gasteiger partial charge in [0.1, 0.15) is 0 Å². The molecule has 1 aromatic rings. The number of unbranched alkanes of at least 4 members (excludes halogenated alkanes) is 1. The highest BCUT2D eigenvalue weighted by Crippen LogP contribution is 2.06. The molecule has 1 N–H and O–H groups in total. The zero-order valence-electron chi connectivity index (χ0n) is 10.6. The van der Waals surface area contributed by atoms with Crippen molar-refractivity contribution in [2.24, 2.45) is 0 Å². The molecule has 0 spiro atoms. The lowest BCUT2D eigenvalue weighted by molar-refractivity contribution is 0.191. The highest BCUT2D eigenvalue weighted by molar-refractivity contribution is 5.14. The third kappa shape index (κ3) is 4.33. The normalized spacial score (nSPS) is 10.9. The first-order valence-electron chi connectivity index (χ1n) is 6.00. The van der Waals surface area contributed by atoms with Gasteiger partial charge in [-0.15, -0.1) is 0 Å². The van der Waals surface area contributed by atoms with E-state index < -0.39 is 0 Å². The zero-order valence-corrected chi connectivity index (χ0v) is 10.6. The van der Waals surface area contributed by atoms with Gasteiger partial charge in [-0.3, -0.25) is 4.68 Å². The summed E-state index contributed by atoms with van der Waals surface area (Å²) in [7, 11) is 1.74. The maximum absolute atomic E-state index is 5.02. The Morgan fingerprint density at radius 3 is 2.94 bits per heavy atom. The van der Waals surface area contributed by atoms with E-state index in [2.05, 4.69) is 30.5 Å². The minimum atomic E-state index is 0.838. The summed E-state index contributed by atoms with van der Waals surface area (Å²) in [4.78, 5) is 0. The van der Waals surface area contributed by atoms with Gasteiger partial charge >= 0.3 is 0 Å². The first-order valence-corrected chi connectivity index (χ1v) is 6.00. The van der Waals surface area contributed by atoms with E-state index in [1.165, 1.54) is 5.56 Å². The van der Waals surface area contributed by atoms with Crippen LogP contribution in [0.4, 0.5) is 0 Å². The Morgan fingerprint density at radius 2 is 2.25 bits per heavy atom. The van der Waals surface area contributed by atoms with Crippen molar-refractivity contribution >= 4 is 0 Å². The van der Waals surface area contributed by atoms with Gasteiger partial charge < -0.3 is 10.1 Å². The molecule has 0 aliphatic heterocycles. The van der Waals surface area contributed by atoms with Crippen LogP contribution in [0.15, 0.2) is 6.20 Å². The number of aryl methyl sites for hydroxylation is 2. The van der Waals surface area contributed by atoms with Gasteiger partial charge in [0.2, 0.25) is 0 Å². The van der Waals surface area contributed by atoms with Crippen molar-refractivity contribution < 1.29 is 4.74 Å². The fraction of sp³-hybridized carbons (Fsp3) is 0.750. The van der Waals surface area contributed by atoms with Crippen LogP contribution in [0.3, 0.4) is 0 Å². The molecule has 0 radical (unpaired) electrons. The Balaban J connectivity index is 2.36. The lowest BCUT2D eigenvalue weighted by Crippen LogP contribution is -2.11. The van der Waals surface area contributed by atoms with Gasteiger partial charge in [0.25, 0.3) is 0 Å². The van der Waals surface area contributed by atoms with Gasteiger partial charge in [0.15, 0.2) is 0 Å². The summed E-state index contributed by atoms with van der Waals surface area (Å²) in [5.41, 5.74) is 2.43. The van der Waals surface area contributed by atoms with Crippen LogP contribution in [0, 0.1) is 6.92 Å². The molecule has 0 atom stereocenters. The highest BCUT2D eigenvalue weighted by Gasteiger charge is 2.03. The van der Waals surface area contributed by atoms with Gasteiger partial charge in [-0.25, -0.2) is 0 Å². The van der Waals surface area contributed by atoms with Gasteiger partial charge in [-0.1, -0.05) is 6.92 Å². The highest BCUT2D eigenvalue weighted by atomic mass is 16.5. The lowest BCUT2D eigenvalue weighted by Gasteiger charge is -2.00. The van der Waals surface area contributed by atoms with Crippen molar-refractivity contribution in [2.75, 3.05) is 20.3 Å². The number of ether oxygens (including phenoxy) is 1. The molecule has 0 aromatic carbocycles. The largest absolute Gasteiger partial charge is 0.385 e. The fourth-order valence-electron chi connectivity index (χ4n) is 1.63. The topological polar surface area (TPSA) is 39.1 Å². The van der Waals surface area contributed by atoms with Gasteiger partial charge in [0.05, 0.1) is 5.69 Å². The van der Waals surface area contributed by atoms with Crippen LogP contribution >= 0.6 is 0 Å². The summed E-state index contributed by atoms with van der Waals surface area (Å²) >= 11 is 0. The predicted molar refractivity (Wildman–Crippen MR) is 65.5 cm³/mol. The third-order valence-electron chi connectivity index (χ3n) is 2.60. The predicted octanol–water partition coefficient (Wildman–Crippen LogP) is 1.73. The van der Waals surface area contributed by atoms with Crippen molar-refractivity contribution in [2.45, 2.75) is 39.8 Å². The standard InChI is InChI=1S/C12H23N3O/c1-4-13-9-12-10-15(14-11(12)2)7-5-6-8-16-3/h10,13H,4-9H2,1-3H3. The van der Waals surface area contributed by atoms with E-state index in [-0.39, 0.29) is 0 Å². The molecule has 0 aliphatic rings. The van der Waals surface area contributed by atoms with Crippen molar-refractivity contribution in [1.82, 2.24) is 15.1 Å². The van der Waals surface area contributed by atoms with E-state index >= 15 is 0 Å². The molecule has 0 amide bonds. The number of methoxy groups -OCH3 is 1. The average Bonchev–Trinajstić information content (AvgIpc) is 2.63. The Kier molecular flexibility index (Phi) is 6.11. The van der Waals surface area contributed by atoms with E-state index in [1.54, 1.807) is 7.11 Å². The molecule has 0 saturated heterocycles. The van der Waals surface area contributed by atoms with Crippen LogP contribution in [-0.2, 0) is 17.8 Å². The molecule has 4 nitrogen and oxygen atoms in total. The van der Waals surface area contributed by atoms with Crippen LogP contribution in [0.2, 0.25) is 0 Å². The molecule has 0 aliphatic carbocycles. The maximum Gasteiger partial charge on any atom is 0.0638 e. The smallest absolute Gasteiger partial charge is 0.0638 e. The molecule has 1 rings (SSSR count). The first kappa shape index (κ1) is 13.2. The monoisotopic (exact) mass is 225 g/mol. The molecule has 1 heterocycles. The van der Waals surface area contributed by atoms with Crippen molar-refractivity contribution in [3.63, 3.8) is 0 Å².